The molecule has 0 aliphatic carbocycles. The minimum Gasteiger partial charge on any atom is -0.491 e. The van der Waals surface area contributed by atoms with Gasteiger partial charge < -0.3 is 20.3 Å². The number of hydrogen-bond acceptors (Lipinski definition) is 4. The van der Waals surface area contributed by atoms with Crippen LogP contribution in [0.15, 0.2) is 12.1 Å². The van der Waals surface area contributed by atoms with E-state index in [-0.39, 0.29) is 13.2 Å². The summed E-state index contributed by atoms with van der Waals surface area (Å²) in [6, 6.07) is 4.10. The normalized spacial score (nSPS) is 13.3. The summed E-state index contributed by atoms with van der Waals surface area (Å²) < 4.78 is 5.71. The van der Waals surface area contributed by atoms with E-state index in [1.165, 1.54) is 5.56 Å². The van der Waals surface area contributed by atoms with Crippen molar-refractivity contribution in [1.82, 2.24) is 5.32 Å². The molecule has 0 aliphatic heterocycles. The molecule has 0 unspecified atom stereocenters. The molecular formula is C16H27NO3. The second-order valence-electron chi connectivity index (χ2n) is 6.09. The zero-order chi connectivity index (χ0) is 15.3. The zero-order valence-corrected chi connectivity index (χ0v) is 13.2. The number of ether oxygens (including phenoxy) is 1. The number of nitrogens with one attached hydrogen (secondary N) is 1. The van der Waals surface area contributed by atoms with Crippen LogP contribution in [0.1, 0.15) is 30.5 Å². The molecule has 0 spiro atoms. The summed E-state index contributed by atoms with van der Waals surface area (Å²) in [5, 5.41) is 22.2. The van der Waals surface area contributed by atoms with E-state index < -0.39 is 11.6 Å². The lowest BCUT2D eigenvalue weighted by molar-refractivity contribution is 0.0903. The average molecular weight is 281 g/mol. The Bertz CT molecular complexity index is 444. The molecule has 4 heteroatoms. The number of rotatable bonds is 7. The highest BCUT2D eigenvalue weighted by atomic mass is 16.5. The van der Waals surface area contributed by atoms with Gasteiger partial charge in [0, 0.05) is 12.1 Å². The van der Waals surface area contributed by atoms with Crippen molar-refractivity contribution in [2.45, 2.75) is 46.3 Å². The maximum absolute atomic E-state index is 9.93. The van der Waals surface area contributed by atoms with Gasteiger partial charge in [0.1, 0.15) is 18.5 Å². The standard InChI is InChI=1S/C16H27NO3/c1-11-6-12(2)13(3)15(7-11)20-9-14(19)8-17-16(4,5)10-18/h6-7,14,17-19H,8-10H2,1-5H3/t14-/m0/s1. The number of aryl methyl sites for hydroxylation is 2. The Hall–Kier alpha value is -1.10. The van der Waals surface area contributed by atoms with Crippen LogP contribution in [0.2, 0.25) is 0 Å². The Morgan fingerprint density at radius 1 is 1.25 bits per heavy atom. The lowest BCUT2D eigenvalue weighted by Gasteiger charge is -2.25. The van der Waals surface area contributed by atoms with Crippen molar-refractivity contribution in [2.75, 3.05) is 19.8 Å². The third-order valence-corrected chi connectivity index (χ3v) is 3.41. The van der Waals surface area contributed by atoms with Crippen molar-refractivity contribution >= 4 is 0 Å². The second kappa shape index (κ2) is 7.07. The van der Waals surface area contributed by atoms with Gasteiger partial charge in [-0.2, -0.15) is 0 Å². The highest BCUT2D eigenvalue weighted by Gasteiger charge is 2.17. The van der Waals surface area contributed by atoms with Crippen molar-refractivity contribution in [2.24, 2.45) is 0 Å². The van der Waals surface area contributed by atoms with E-state index in [4.69, 9.17) is 9.84 Å². The van der Waals surface area contributed by atoms with Crippen LogP contribution >= 0.6 is 0 Å². The first kappa shape index (κ1) is 17.0. The molecule has 0 fully saturated rings. The monoisotopic (exact) mass is 281 g/mol. The lowest BCUT2D eigenvalue weighted by atomic mass is 10.1. The van der Waals surface area contributed by atoms with Gasteiger partial charge in [0.05, 0.1) is 6.61 Å². The van der Waals surface area contributed by atoms with E-state index in [0.29, 0.717) is 6.54 Å². The van der Waals surface area contributed by atoms with Gasteiger partial charge in [0.15, 0.2) is 0 Å². The zero-order valence-electron chi connectivity index (χ0n) is 13.2. The average Bonchev–Trinajstić information content (AvgIpc) is 2.39. The number of hydrogen-bond donors (Lipinski definition) is 3. The fraction of sp³-hybridized carbons (Fsp3) is 0.625. The molecule has 20 heavy (non-hydrogen) atoms. The smallest absolute Gasteiger partial charge is 0.122 e. The molecule has 0 heterocycles. The highest BCUT2D eigenvalue weighted by Crippen LogP contribution is 2.23. The summed E-state index contributed by atoms with van der Waals surface area (Å²) in [6.07, 6.45) is -0.610. The minimum atomic E-state index is -0.610. The van der Waals surface area contributed by atoms with Gasteiger partial charge in [-0.25, -0.2) is 0 Å². The molecule has 1 atom stereocenters. The SMILES string of the molecule is Cc1cc(C)c(C)c(OC[C@@H](O)CNC(C)(C)CO)c1. The number of benzene rings is 1. The maximum atomic E-state index is 9.93. The summed E-state index contributed by atoms with van der Waals surface area (Å²) in [6.45, 7) is 10.5. The van der Waals surface area contributed by atoms with E-state index in [2.05, 4.69) is 18.3 Å². The molecule has 4 nitrogen and oxygen atoms in total. The second-order valence-corrected chi connectivity index (χ2v) is 6.09. The molecule has 0 radical (unpaired) electrons. The first-order valence-corrected chi connectivity index (χ1v) is 7.00. The van der Waals surface area contributed by atoms with E-state index in [1.807, 2.05) is 33.8 Å². The summed E-state index contributed by atoms with van der Waals surface area (Å²) in [4.78, 5) is 0. The quantitative estimate of drug-likeness (QED) is 0.712. The van der Waals surface area contributed by atoms with Crippen LogP contribution < -0.4 is 10.1 Å². The Morgan fingerprint density at radius 2 is 1.90 bits per heavy atom. The largest absolute Gasteiger partial charge is 0.491 e. The summed E-state index contributed by atoms with van der Waals surface area (Å²) in [7, 11) is 0. The number of aliphatic hydroxyl groups excluding tert-OH is 2. The molecule has 0 bridgehead atoms. The molecule has 1 rings (SSSR count). The molecule has 0 aliphatic rings. The molecule has 114 valence electrons. The highest BCUT2D eigenvalue weighted by molar-refractivity contribution is 5.41. The van der Waals surface area contributed by atoms with E-state index in [1.54, 1.807) is 0 Å². The molecular weight excluding hydrogens is 254 g/mol. The van der Waals surface area contributed by atoms with Crippen LogP contribution in [-0.2, 0) is 0 Å². The number of aliphatic hydroxyl groups is 2. The van der Waals surface area contributed by atoms with Gasteiger partial charge in [0.25, 0.3) is 0 Å². The Labute approximate surface area is 121 Å². The van der Waals surface area contributed by atoms with Crippen LogP contribution in [0, 0.1) is 20.8 Å². The van der Waals surface area contributed by atoms with Gasteiger partial charge in [-0.05, 0) is 57.4 Å². The topological polar surface area (TPSA) is 61.7 Å². The fourth-order valence-corrected chi connectivity index (χ4v) is 1.85. The third-order valence-electron chi connectivity index (χ3n) is 3.41. The van der Waals surface area contributed by atoms with Crippen molar-refractivity contribution < 1.29 is 14.9 Å². The van der Waals surface area contributed by atoms with Gasteiger partial charge in [0.2, 0.25) is 0 Å². The summed E-state index contributed by atoms with van der Waals surface area (Å²) in [5.74, 6) is 0.822. The van der Waals surface area contributed by atoms with Crippen LogP contribution in [0.5, 0.6) is 5.75 Å². The van der Waals surface area contributed by atoms with E-state index >= 15 is 0 Å². The van der Waals surface area contributed by atoms with E-state index in [9.17, 15) is 5.11 Å². The molecule has 0 saturated heterocycles. The first-order valence-electron chi connectivity index (χ1n) is 7.00. The molecule has 0 aromatic heterocycles. The Balaban J connectivity index is 2.51. The fourth-order valence-electron chi connectivity index (χ4n) is 1.85. The number of β-amino-alcohol motifs (C(OH)–C–C–N with tert-alkyl or cyclic N) is 1. The van der Waals surface area contributed by atoms with Gasteiger partial charge in [-0.15, -0.1) is 0 Å². The van der Waals surface area contributed by atoms with Gasteiger partial charge in [-0.1, -0.05) is 6.07 Å². The van der Waals surface area contributed by atoms with Crippen LogP contribution in [0.3, 0.4) is 0 Å². The molecule has 0 amide bonds. The van der Waals surface area contributed by atoms with Crippen LogP contribution in [-0.4, -0.2) is 41.6 Å². The van der Waals surface area contributed by atoms with Crippen molar-refractivity contribution in [3.05, 3.63) is 28.8 Å². The molecule has 3 N–H and O–H groups in total. The van der Waals surface area contributed by atoms with Crippen LogP contribution in [0.25, 0.3) is 0 Å². The van der Waals surface area contributed by atoms with Crippen molar-refractivity contribution in [3.63, 3.8) is 0 Å². The predicted molar refractivity (Wildman–Crippen MR) is 81.3 cm³/mol. The predicted octanol–water partition coefficient (Wildman–Crippen LogP) is 1.71. The minimum absolute atomic E-state index is 0.0246. The van der Waals surface area contributed by atoms with Gasteiger partial charge in [-0.3, -0.25) is 0 Å². The van der Waals surface area contributed by atoms with Crippen molar-refractivity contribution in [1.29, 1.82) is 0 Å². The van der Waals surface area contributed by atoms with E-state index in [0.717, 1.165) is 16.9 Å². The third kappa shape index (κ3) is 5.12. The Kier molecular flexibility index (Phi) is 5.99. The summed E-state index contributed by atoms with van der Waals surface area (Å²) >= 11 is 0. The van der Waals surface area contributed by atoms with Crippen LogP contribution in [0.4, 0.5) is 0 Å². The first-order chi connectivity index (χ1) is 9.25. The molecule has 1 aromatic carbocycles. The lowest BCUT2D eigenvalue weighted by Crippen LogP contribution is -2.47. The molecule has 0 saturated carbocycles. The Morgan fingerprint density at radius 3 is 2.50 bits per heavy atom. The molecule has 1 aromatic rings. The maximum Gasteiger partial charge on any atom is 0.122 e. The van der Waals surface area contributed by atoms with Gasteiger partial charge >= 0.3 is 0 Å². The summed E-state index contributed by atoms with van der Waals surface area (Å²) in [5.41, 5.74) is 3.05. The van der Waals surface area contributed by atoms with Crippen molar-refractivity contribution in [3.8, 4) is 5.75 Å².